The summed E-state index contributed by atoms with van der Waals surface area (Å²) in [6.07, 6.45) is 6.66. The van der Waals surface area contributed by atoms with Crippen molar-refractivity contribution in [3.63, 3.8) is 0 Å². The van der Waals surface area contributed by atoms with Gasteiger partial charge in [0.2, 0.25) is 0 Å². The van der Waals surface area contributed by atoms with Crippen molar-refractivity contribution >= 4 is 60.4 Å². The maximum absolute atomic E-state index is 2.53. The largest absolute Gasteiger partial charge is 0.310 e. The third kappa shape index (κ3) is 5.84. The van der Waals surface area contributed by atoms with E-state index in [-0.39, 0.29) is 5.41 Å². The number of aromatic nitrogens is 1. The number of nitrogens with zero attached hydrogens (tertiary/aromatic N) is 2. The van der Waals surface area contributed by atoms with E-state index >= 15 is 0 Å². The van der Waals surface area contributed by atoms with E-state index in [9.17, 15) is 0 Å². The first-order chi connectivity index (χ1) is 30.0. The van der Waals surface area contributed by atoms with Crippen LogP contribution < -0.4 is 4.90 Å². The summed E-state index contributed by atoms with van der Waals surface area (Å²) >= 11 is 0. The fraction of sp³-hybridized carbons (Fsp3) is 0.153. The zero-order chi connectivity index (χ0) is 40.7. The van der Waals surface area contributed by atoms with Crippen molar-refractivity contribution in [2.75, 3.05) is 4.90 Å². The monoisotopic (exact) mass is 784 g/mol. The van der Waals surface area contributed by atoms with Crippen molar-refractivity contribution in [1.29, 1.82) is 0 Å². The molecule has 2 nitrogen and oxygen atoms in total. The topological polar surface area (TPSA) is 8.17 Å². The van der Waals surface area contributed by atoms with Gasteiger partial charge >= 0.3 is 0 Å². The van der Waals surface area contributed by atoms with Gasteiger partial charge in [-0.25, -0.2) is 0 Å². The van der Waals surface area contributed by atoms with E-state index in [1.807, 2.05) is 0 Å². The van der Waals surface area contributed by atoms with Crippen LogP contribution in [0, 0.1) is 0 Å². The highest BCUT2D eigenvalue weighted by atomic mass is 15.1. The molecule has 0 N–H and O–H groups in total. The number of hydrogen-bond donors (Lipinski definition) is 0. The van der Waals surface area contributed by atoms with Crippen LogP contribution in [0.2, 0.25) is 0 Å². The smallest absolute Gasteiger partial charge is 0.0547 e. The lowest BCUT2D eigenvalue weighted by Gasteiger charge is -2.30. The summed E-state index contributed by atoms with van der Waals surface area (Å²) in [5, 5.41) is 7.55. The first-order valence-corrected chi connectivity index (χ1v) is 22.2. The molecule has 1 fully saturated rings. The molecule has 1 heterocycles. The molecule has 0 spiro atoms. The van der Waals surface area contributed by atoms with Crippen LogP contribution in [0.15, 0.2) is 188 Å². The molecule has 10 aromatic rings. The second kappa shape index (κ2) is 14.1. The molecule has 0 aliphatic heterocycles. The molecular weight excluding hydrogens is 737 g/mol. The predicted octanol–water partition coefficient (Wildman–Crippen LogP) is 16.6. The molecule has 0 atom stereocenters. The Bertz CT molecular complexity index is 3320. The predicted molar refractivity (Wildman–Crippen MR) is 259 cm³/mol. The van der Waals surface area contributed by atoms with Crippen LogP contribution in [0.1, 0.15) is 68.6 Å². The van der Waals surface area contributed by atoms with E-state index in [1.165, 1.54) is 114 Å². The fourth-order valence-electron chi connectivity index (χ4n) is 11.0. The summed E-state index contributed by atoms with van der Waals surface area (Å²) < 4.78 is 2.43. The normalized spacial score (nSPS) is 14.8. The standard InChI is InChI=1S/C59H48N2/c1-59(2)54-23-13-11-21-49(54)50-32-30-48(38-55(50)59)60(47-29-27-43-33-42(25-26-44(43)34-47)39-15-5-3-6-16-39)58-36-41-18-10-9-17-40(41)35-53(58)45-28-31-52-51-22-12-14-24-56(51)61(57(52)37-45)46-19-7-4-8-20-46/h4,7-14,17-39H,3,5-6,15-16H2,1-2H3. The highest BCUT2D eigenvalue weighted by Crippen LogP contribution is 2.52. The maximum Gasteiger partial charge on any atom is 0.0547 e. The Morgan fingerprint density at radius 1 is 0.459 bits per heavy atom. The first-order valence-electron chi connectivity index (χ1n) is 22.2. The molecule has 61 heavy (non-hydrogen) atoms. The van der Waals surface area contributed by atoms with E-state index in [0.29, 0.717) is 5.92 Å². The molecule has 9 aromatic carbocycles. The van der Waals surface area contributed by atoms with Gasteiger partial charge in [0.1, 0.15) is 0 Å². The Kier molecular flexibility index (Phi) is 8.32. The lowest BCUT2D eigenvalue weighted by atomic mass is 9.82. The highest BCUT2D eigenvalue weighted by molar-refractivity contribution is 6.11. The molecule has 2 aliphatic rings. The molecule has 1 saturated carbocycles. The van der Waals surface area contributed by atoms with Crippen molar-refractivity contribution < 1.29 is 0 Å². The third-order valence-corrected chi connectivity index (χ3v) is 14.1. The number of hydrogen-bond acceptors (Lipinski definition) is 1. The Morgan fingerprint density at radius 2 is 1.11 bits per heavy atom. The lowest BCUT2D eigenvalue weighted by molar-refractivity contribution is 0.444. The van der Waals surface area contributed by atoms with Crippen LogP contribution in [-0.2, 0) is 5.41 Å². The van der Waals surface area contributed by atoms with Crippen molar-refractivity contribution in [1.82, 2.24) is 4.57 Å². The van der Waals surface area contributed by atoms with Crippen LogP contribution in [0.25, 0.3) is 71.3 Å². The number of fused-ring (bicyclic) bond motifs is 8. The summed E-state index contributed by atoms with van der Waals surface area (Å²) in [6, 6.07) is 70.9. The Hall–Kier alpha value is -6.90. The van der Waals surface area contributed by atoms with Gasteiger partial charge in [-0.2, -0.15) is 0 Å². The molecule has 0 saturated heterocycles. The molecule has 2 heteroatoms. The van der Waals surface area contributed by atoms with E-state index in [0.717, 1.165) is 22.7 Å². The molecule has 12 rings (SSSR count). The summed E-state index contributed by atoms with van der Waals surface area (Å²) in [5.74, 6) is 0.673. The Labute approximate surface area is 358 Å². The zero-order valence-electron chi connectivity index (χ0n) is 34.9. The van der Waals surface area contributed by atoms with Gasteiger partial charge in [-0.15, -0.1) is 0 Å². The molecule has 294 valence electrons. The number of benzene rings is 9. The average Bonchev–Trinajstić information content (AvgIpc) is 3.76. The quantitative estimate of drug-likeness (QED) is 0.163. The SMILES string of the molecule is CC1(C)c2ccccc2-c2ccc(N(c3ccc4cc(C5CCCCC5)ccc4c3)c3cc4ccccc4cc3-c3ccc4c5ccccc5n(-c5ccccc5)c4c3)cc21. The second-order valence-electron chi connectivity index (χ2n) is 18.0. The number of anilines is 3. The Balaban J connectivity index is 1.10. The number of para-hydroxylation sites is 2. The van der Waals surface area contributed by atoms with Gasteiger partial charge < -0.3 is 9.47 Å². The van der Waals surface area contributed by atoms with E-state index in [1.54, 1.807) is 0 Å². The van der Waals surface area contributed by atoms with Gasteiger partial charge in [0, 0.05) is 38.8 Å². The minimum Gasteiger partial charge on any atom is -0.310 e. The molecule has 2 aliphatic carbocycles. The molecular formula is C59H48N2. The van der Waals surface area contributed by atoms with Crippen molar-refractivity contribution in [3.05, 3.63) is 205 Å². The molecule has 0 unspecified atom stereocenters. The Morgan fingerprint density at radius 3 is 1.98 bits per heavy atom. The zero-order valence-corrected chi connectivity index (χ0v) is 34.9. The summed E-state index contributed by atoms with van der Waals surface area (Å²) in [5.41, 5.74) is 16.2. The van der Waals surface area contributed by atoms with Gasteiger partial charge in [-0.05, 0) is 134 Å². The van der Waals surface area contributed by atoms with E-state index in [4.69, 9.17) is 0 Å². The second-order valence-corrected chi connectivity index (χ2v) is 18.0. The van der Waals surface area contributed by atoms with Gasteiger partial charge in [0.15, 0.2) is 0 Å². The van der Waals surface area contributed by atoms with Crippen molar-refractivity contribution in [2.45, 2.75) is 57.3 Å². The summed E-state index contributed by atoms with van der Waals surface area (Å²) in [7, 11) is 0. The fourth-order valence-corrected chi connectivity index (χ4v) is 11.0. The van der Waals surface area contributed by atoms with Crippen LogP contribution in [0.5, 0.6) is 0 Å². The van der Waals surface area contributed by atoms with Crippen LogP contribution >= 0.6 is 0 Å². The number of rotatable bonds is 6. The van der Waals surface area contributed by atoms with Crippen molar-refractivity contribution in [2.24, 2.45) is 0 Å². The molecule has 0 radical (unpaired) electrons. The minimum atomic E-state index is -0.130. The summed E-state index contributed by atoms with van der Waals surface area (Å²) in [4.78, 5) is 2.53. The maximum atomic E-state index is 2.53. The van der Waals surface area contributed by atoms with Crippen molar-refractivity contribution in [3.8, 4) is 27.9 Å². The molecule has 0 amide bonds. The minimum absolute atomic E-state index is 0.130. The molecule has 1 aromatic heterocycles. The lowest BCUT2D eigenvalue weighted by Crippen LogP contribution is -2.17. The van der Waals surface area contributed by atoms with E-state index < -0.39 is 0 Å². The highest BCUT2D eigenvalue weighted by Gasteiger charge is 2.36. The molecule has 0 bridgehead atoms. The van der Waals surface area contributed by atoms with Gasteiger partial charge in [-0.3, -0.25) is 0 Å². The van der Waals surface area contributed by atoms with Gasteiger partial charge in [0.25, 0.3) is 0 Å². The van der Waals surface area contributed by atoms with Gasteiger partial charge in [-0.1, -0.05) is 161 Å². The third-order valence-electron chi connectivity index (χ3n) is 14.1. The summed E-state index contributed by atoms with van der Waals surface area (Å²) in [6.45, 7) is 4.77. The van der Waals surface area contributed by atoms with Crippen LogP contribution in [-0.4, -0.2) is 4.57 Å². The van der Waals surface area contributed by atoms with E-state index in [2.05, 4.69) is 211 Å². The average molecular weight is 785 g/mol. The van der Waals surface area contributed by atoms with Crippen LogP contribution in [0.4, 0.5) is 17.1 Å². The van der Waals surface area contributed by atoms with Crippen LogP contribution in [0.3, 0.4) is 0 Å². The van der Waals surface area contributed by atoms with Gasteiger partial charge in [0.05, 0.1) is 16.7 Å². The first kappa shape index (κ1) is 36.0.